The molecule has 0 bridgehead atoms. The van der Waals surface area contributed by atoms with Crippen LogP contribution in [0.2, 0.25) is 0 Å². The van der Waals surface area contributed by atoms with Gasteiger partial charge in [-0.1, -0.05) is 0 Å². The van der Waals surface area contributed by atoms with E-state index in [0.717, 1.165) is 17.6 Å². The number of hydrogen-bond donors (Lipinski definition) is 0. The number of halogens is 3. The van der Waals surface area contributed by atoms with Gasteiger partial charge in [-0.05, 0) is 37.3 Å². The van der Waals surface area contributed by atoms with Crippen molar-refractivity contribution in [2.24, 2.45) is 0 Å². The molecule has 0 unspecified atom stereocenters. The second-order valence-corrected chi connectivity index (χ2v) is 6.52. The van der Waals surface area contributed by atoms with Gasteiger partial charge >= 0.3 is 6.18 Å². The number of rotatable bonds is 3. The van der Waals surface area contributed by atoms with Gasteiger partial charge in [-0.2, -0.15) is 18.3 Å². The van der Waals surface area contributed by atoms with Gasteiger partial charge in [0.2, 0.25) is 0 Å². The topological polar surface area (TPSA) is 63.0 Å². The molecule has 0 saturated carbocycles. The molecule has 146 valence electrons. The highest BCUT2D eigenvalue weighted by molar-refractivity contribution is 5.50. The van der Waals surface area contributed by atoms with E-state index < -0.39 is 11.9 Å². The van der Waals surface area contributed by atoms with Gasteiger partial charge in [-0.15, -0.1) is 10.2 Å². The predicted molar refractivity (Wildman–Crippen MR) is 97.6 cm³/mol. The first kappa shape index (κ1) is 18.2. The molecular formula is C18H18F3N7. The van der Waals surface area contributed by atoms with Crippen LogP contribution in [-0.4, -0.2) is 51.1 Å². The van der Waals surface area contributed by atoms with Crippen molar-refractivity contribution in [1.82, 2.24) is 25.0 Å². The Morgan fingerprint density at radius 3 is 2.18 bits per heavy atom. The molecule has 4 heterocycles. The summed E-state index contributed by atoms with van der Waals surface area (Å²) in [4.78, 5) is 7.40. The summed E-state index contributed by atoms with van der Waals surface area (Å²) in [5, 5.41) is 12.8. The minimum atomic E-state index is -4.44. The summed E-state index contributed by atoms with van der Waals surface area (Å²) >= 11 is 0. The van der Waals surface area contributed by atoms with Crippen LogP contribution < -0.4 is 9.80 Å². The minimum absolute atomic E-state index is 0.525. The number of alkyl halides is 3. The van der Waals surface area contributed by atoms with Crippen molar-refractivity contribution in [3.05, 3.63) is 54.1 Å². The van der Waals surface area contributed by atoms with Gasteiger partial charge in [0.1, 0.15) is 5.69 Å². The number of anilines is 2. The van der Waals surface area contributed by atoms with E-state index in [0.29, 0.717) is 37.7 Å². The maximum atomic E-state index is 12.9. The van der Waals surface area contributed by atoms with Crippen LogP contribution in [0.4, 0.5) is 24.7 Å². The average Bonchev–Trinajstić information content (AvgIpc) is 3.14. The molecule has 3 aromatic heterocycles. The van der Waals surface area contributed by atoms with Gasteiger partial charge in [-0.3, -0.25) is 4.98 Å². The zero-order valence-electron chi connectivity index (χ0n) is 15.1. The minimum Gasteiger partial charge on any atom is -0.368 e. The van der Waals surface area contributed by atoms with Crippen molar-refractivity contribution in [2.45, 2.75) is 13.1 Å². The van der Waals surface area contributed by atoms with Crippen molar-refractivity contribution in [1.29, 1.82) is 0 Å². The Morgan fingerprint density at radius 1 is 0.893 bits per heavy atom. The van der Waals surface area contributed by atoms with Crippen LogP contribution in [0.5, 0.6) is 0 Å². The van der Waals surface area contributed by atoms with Crippen molar-refractivity contribution in [3.63, 3.8) is 0 Å². The molecule has 0 amide bonds. The van der Waals surface area contributed by atoms with Gasteiger partial charge in [0, 0.05) is 44.3 Å². The zero-order chi connectivity index (χ0) is 19.7. The Hall–Kier alpha value is -3.17. The molecule has 0 aromatic carbocycles. The molecule has 0 spiro atoms. The Bertz CT molecular complexity index is 944. The number of aromatic nitrogens is 5. The zero-order valence-corrected chi connectivity index (χ0v) is 15.1. The average molecular weight is 389 g/mol. The van der Waals surface area contributed by atoms with Gasteiger partial charge in [0.05, 0.1) is 5.69 Å². The lowest BCUT2D eigenvalue weighted by Crippen LogP contribution is -2.47. The summed E-state index contributed by atoms with van der Waals surface area (Å²) in [6.45, 7) is 4.35. The van der Waals surface area contributed by atoms with E-state index in [-0.39, 0.29) is 0 Å². The van der Waals surface area contributed by atoms with E-state index in [4.69, 9.17) is 0 Å². The molecule has 0 aliphatic carbocycles. The normalized spacial score (nSPS) is 15.1. The summed E-state index contributed by atoms with van der Waals surface area (Å²) in [6, 6.07) is 8.31. The van der Waals surface area contributed by atoms with Crippen molar-refractivity contribution in [3.8, 4) is 5.82 Å². The highest BCUT2D eigenvalue weighted by Crippen LogP contribution is 2.30. The number of piperazine rings is 1. The Balaban J connectivity index is 1.42. The third-order valence-corrected chi connectivity index (χ3v) is 4.60. The van der Waals surface area contributed by atoms with Crippen LogP contribution in [0.1, 0.15) is 11.4 Å². The van der Waals surface area contributed by atoms with Crippen molar-refractivity contribution in [2.75, 3.05) is 36.0 Å². The number of hydrogen-bond acceptors (Lipinski definition) is 6. The first-order valence-corrected chi connectivity index (χ1v) is 8.80. The van der Waals surface area contributed by atoms with Crippen LogP contribution in [-0.2, 0) is 6.18 Å². The summed E-state index contributed by atoms with van der Waals surface area (Å²) in [7, 11) is 0. The van der Waals surface area contributed by atoms with Gasteiger partial charge in [-0.25, -0.2) is 4.68 Å². The molecule has 1 aliphatic heterocycles. The molecule has 7 nitrogen and oxygen atoms in total. The van der Waals surface area contributed by atoms with Crippen LogP contribution in [0.15, 0.2) is 42.7 Å². The number of pyridine rings is 1. The lowest BCUT2D eigenvalue weighted by Gasteiger charge is -2.36. The molecule has 0 radical (unpaired) electrons. The molecule has 28 heavy (non-hydrogen) atoms. The molecule has 0 N–H and O–H groups in total. The Labute approximate surface area is 159 Å². The van der Waals surface area contributed by atoms with E-state index in [1.807, 2.05) is 36.2 Å². The second kappa shape index (κ2) is 7.10. The van der Waals surface area contributed by atoms with Gasteiger partial charge in [0.15, 0.2) is 11.6 Å². The molecule has 3 aromatic rings. The molecule has 10 heteroatoms. The molecular weight excluding hydrogens is 371 g/mol. The van der Waals surface area contributed by atoms with E-state index in [1.54, 1.807) is 10.7 Å². The molecule has 4 rings (SSSR count). The van der Waals surface area contributed by atoms with E-state index in [9.17, 15) is 13.2 Å². The second-order valence-electron chi connectivity index (χ2n) is 6.52. The van der Waals surface area contributed by atoms with Crippen molar-refractivity contribution < 1.29 is 13.2 Å². The van der Waals surface area contributed by atoms with Crippen LogP contribution in [0.25, 0.3) is 5.82 Å². The Kier molecular flexibility index (Phi) is 4.62. The maximum Gasteiger partial charge on any atom is 0.433 e. The third kappa shape index (κ3) is 3.75. The summed E-state index contributed by atoms with van der Waals surface area (Å²) in [5.41, 5.74) is 0.548. The van der Waals surface area contributed by atoms with Crippen LogP contribution in [0.3, 0.4) is 0 Å². The molecule has 1 fully saturated rings. The quantitative estimate of drug-likeness (QED) is 0.687. The van der Waals surface area contributed by atoms with Gasteiger partial charge in [0.25, 0.3) is 0 Å². The Morgan fingerprint density at radius 2 is 1.57 bits per heavy atom. The molecule has 1 aliphatic rings. The monoisotopic (exact) mass is 389 g/mol. The van der Waals surface area contributed by atoms with Crippen LogP contribution >= 0.6 is 0 Å². The highest BCUT2D eigenvalue weighted by Gasteiger charge is 2.33. The predicted octanol–water partition coefficient (Wildman–Crippen LogP) is 2.71. The van der Waals surface area contributed by atoms with E-state index >= 15 is 0 Å². The lowest BCUT2D eigenvalue weighted by molar-refractivity contribution is -0.141. The number of nitrogens with zero attached hydrogens (tertiary/aromatic N) is 7. The largest absolute Gasteiger partial charge is 0.433 e. The molecule has 0 atom stereocenters. The third-order valence-electron chi connectivity index (χ3n) is 4.60. The summed E-state index contributed by atoms with van der Waals surface area (Å²) in [6.07, 6.45) is -1.42. The first-order valence-electron chi connectivity index (χ1n) is 8.80. The lowest BCUT2D eigenvalue weighted by atomic mass is 10.2. The summed E-state index contributed by atoms with van der Waals surface area (Å²) in [5.74, 6) is 1.37. The fourth-order valence-corrected chi connectivity index (χ4v) is 3.12. The number of aryl methyl sites for hydroxylation is 1. The molecule has 1 saturated heterocycles. The van der Waals surface area contributed by atoms with Gasteiger partial charge < -0.3 is 9.80 Å². The van der Waals surface area contributed by atoms with E-state index in [2.05, 4.69) is 25.2 Å². The van der Waals surface area contributed by atoms with E-state index in [1.165, 1.54) is 6.20 Å². The fraction of sp³-hybridized carbons (Fsp3) is 0.333. The standard InChI is InChI=1S/C18H18F3N7/c1-13-5-7-28(25-13)17-3-2-16(23-24-17)27-10-8-26(9-11-27)14-4-6-22-15(12-14)18(19,20)21/h2-7,12H,8-11H2,1H3. The summed E-state index contributed by atoms with van der Waals surface area (Å²) < 4.78 is 40.3. The SMILES string of the molecule is Cc1ccn(-c2ccc(N3CCN(c4ccnc(C(F)(F)F)c4)CC3)nn2)n1. The smallest absolute Gasteiger partial charge is 0.368 e. The maximum absolute atomic E-state index is 12.9. The van der Waals surface area contributed by atoms with Crippen molar-refractivity contribution >= 4 is 11.5 Å². The first-order chi connectivity index (χ1) is 13.4. The van der Waals surface area contributed by atoms with Crippen LogP contribution in [0, 0.1) is 6.92 Å². The highest BCUT2D eigenvalue weighted by atomic mass is 19.4. The fourth-order valence-electron chi connectivity index (χ4n) is 3.12.